The van der Waals surface area contributed by atoms with Gasteiger partial charge in [0, 0.05) is 16.0 Å². The summed E-state index contributed by atoms with van der Waals surface area (Å²) < 4.78 is 4.95. The molecule has 0 spiro atoms. The summed E-state index contributed by atoms with van der Waals surface area (Å²) in [5, 5.41) is 1.11. The quantitative estimate of drug-likeness (QED) is 0.862. The van der Waals surface area contributed by atoms with E-state index in [1.807, 2.05) is 6.07 Å². The Morgan fingerprint density at radius 3 is 2.88 bits per heavy atom. The van der Waals surface area contributed by atoms with Crippen molar-refractivity contribution in [1.29, 1.82) is 0 Å². The minimum Gasteiger partial charge on any atom is -0.465 e. The topological polar surface area (TPSA) is 52.3 Å². The highest BCUT2D eigenvalue weighted by molar-refractivity contribution is 6.35. The van der Waals surface area contributed by atoms with Crippen molar-refractivity contribution in [2.24, 2.45) is 5.73 Å². The first-order valence-electron chi connectivity index (χ1n) is 5.40. The van der Waals surface area contributed by atoms with Crippen LogP contribution in [0.15, 0.2) is 18.2 Å². The maximum atomic E-state index is 11.7. The van der Waals surface area contributed by atoms with Crippen LogP contribution in [-0.2, 0) is 9.53 Å². The molecule has 0 heterocycles. The van der Waals surface area contributed by atoms with Crippen molar-refractivity contribution in [3.8, 4) is 0 Å². The van der Waals surface area contributed by atoms with Crippen molar-refractivity contribution in [3.05, 3.63) is 33.8 Å². The molecular weight excluding hydrogens is 261 g/mol. The summed E-state index contributed by atoms with van der Waals surface area (Å²) in [4.78, 5) is 11.7. The van der Waals surface area contributed by atoms with Gasteiger partial charge in [-0.2, -0.15) is 0 Å². The molecule has 2 rings (SSSR count). The van der Waals surface area contributed by atoms with Gasteiger partial charge in [0.2, 0.25) is 0 Å². The number of ether oxygens (including phenoxy) is 1. The number of carbonyl (C=O) groups is 1. The Morgan fingerprint density at radius 1 is 1.59 bits per heavy atom. The summed E-state index contributed by atoms with van der Waals surface area (Å²) >= 11 is 11.9. The summed E-state index contributed by atoms with van der Waals surface area (Å²) in [6.07, 6.45) is 0.563. The van der Waals surface area contributed by atoms with Crippen molar-refractivity contribution in [1.82, 2.24) is 0 Å². The molecule has 0 amide bonds. The van der Waals surface area contributed by atoms with Crippen LogP contribution in [0.25, 0.3) is 0 Å². The molecule has 17 heavy (non-hydrogen) atoms. The summed E-state index contributed by atoms with van der Waals surface area (Å²) in [6, 6.07) is 5.21. The Hall–Kier alpha value is -0.770. The number of rotatable bonds is 3. The lowest BCUT2D eigenvalue weighted by Gasteiger charge is -2.11. The van der Waals surface area contributed by atoms with Gasteiger partial charge in [-0.25, -0.2) is 0 Å². The van der Waals surface area contributed by atoms with Crippen LogP contribution >= 0.6 is 23.2 Å². The summed E-state index contributed by atoms with van der Waals surface area (Å²) in [5.41, 5.74) is 5.92. The van der Waals surface area contributed by atoms with E-state index < -0.39 is 5.54 Å². The third-order valence-electron chi connectivity index (χ3n) is 3.00. The van der Waals surface area contributed by atoms with Crippen molar-refractivity contribution < 1.29 is 9.53 Å². The molecule has 5 heteroatoms. The summed E-state index contributed by atoms with van der Waals surface area (Å²) in [5.74, 6) is -0.442. The van der Waals surface area contributed by atoms with Gasteiger partial charge in [0.05, 0.1) is 6.61 Å². The Balaban J connectivity index is 2.19. The van der Waals surface area contributed by atoms with Gasteiger partial charge in [-0.15, -0.1) is 0 Å². The number of hydrogen-bond acceptors (Lipinski definition) is 3. The highest BCUT2D eigenvalue weighted by Crippen LogP contribution is 2.52. The average molecular weight is 274 g/mol. The van der Waals surface area contributed by atoms with Gasteiger partial charge in [0.1, 0.15) is 5.54 Å². The third kappa shape index (κ3) is 2.28. The van der Waals surface area contributed by atoms with E-state index >= 15 is 0 Å². The van der Waals surface area contributed by atoms with Crippen molar-refractivity contribution in [3.63, 3.8) is 0 Å². The molecule has 3 nitrogen and oxygen atoms in total. The molecule has 2 N–H and O–H groups in total. The Labute approximate surface area is 110 Å². The maximum absolute atomic E-state index is 11.7. The van der Waals surface area contributed by atoms with Crippen LogP contribution in [0.4, 0.5) is 0 Å². The van der Waals surface area contributed by atoms with E-state index in [-0.39, 0.29) is 11.9 Å². The highest BCUT2D eigenvalue weighted by atomic mass is 35.5. The van der Waals surface area contributed by atoms with E-state index in [9.17, 15) is 4.79 Å². The summed E-state index contributed by atoms with van der Waals surface area (Å²) in [6.45, 7) is 2.09. The van der Waals surface area contributed by atoms with E-state index in [2.05, 4.69) is 0 Å². The van der Waals surface area contributed by atoms with Crippen molar-refractivity contribution in [2.45, 2.75) is 24.8 Å². The van der Waals surface area contributed by atoms with Gasteiger partial charge in [0.15, 0.2) is 0 Å². The van der Waals surface area contributed by atoms with E-state index in [4.69, 9.17) is 33.7 Å². The first-order chi connectivity index (χ1) is 7.99. The first-order valence-corrected chi connectivity index (χ1v) is 6.15. The van der Waals surface area contributed by atoms with Gasteiger partial charge in [0.25, 0.3) is 0 Å². The lowest BCUT2D eigenvalue weighted by Crippen LogP contribution is -2.36. The molecule has 2 atom stereocenters. The Kier molecular flexibility index (Phi) is 3.34. The molecule has 0 aliphatic heterocycles. The fraction of sp³-hybridized carbons (Fsp3) is 0.417. The second kappa shape index (κ2) is 4.48. The number of esters is 1. The van der Waals surface area contributed by atoms with E-state index in [1.54, 1.807) is 19.1 Å². The van der Waals surface area contributed by atoms with Gasteiger partial charge < -0.3 is 10.5 Å². The second-order valence-electron chi connectivity index (χ2n) is 4.18. The van der Waals surface area contributed by atoms with Crippen LogP contribution in [0.2, 0.25) is 10.0 Å². The lowest BCUT2D eigenvalue weighted by molar-refractivity contribution is -0.145. The molecule has 0 radical (unpaired) electrons. The summed E-state index contributed by atoms with van der Waals surface area (Å²) in [7, 11) is 0. The standard InChI is InChI=1S/C12H13Cl2NO2/c1-2-17-11(16)12(15)6-9(12)8-4-3-7(13)5-10(8)14/h3-5,9H,2,6,15H2,1H3. The van der Waals surface area contributed by atoms with Gasteiger partial charge in [-0.1, -0.05) is 29.3 Å². The molecule has 1 aliphatic carbocycles. The van der Waals surface area contributed by atoms with Gasteiger partial charge in [-0.05, 0) is 31.0 Å². The third-order valence-corrected chi connectivity index (χ3v) is 3.56. The molecule has 1 saturated carbocycles. The Bertz CT molecular complexity index is 464. The monoisotopic (exact) mass is 273 g/mol. The average Bonchev–Trinajstić information content (AvgIpc) is 2.92. The normalized spacial score (nSPS) is 26.7. The van der Waals surface area contributed by atoms with Crippen LogP contribution in [0.1, 0.15) is 24.8 Å². The molecule has 2 unspecified atom stereocenters. The zero-order valence-corrected chi connectivity index (χ0v) is 10.9. The lowest BCUT2D eigenvalue weighted by atomic mass is 10.1. The number of hydrogen-bond donors (Lipinski definition) is 1. The predicted molar refractivity (Wildman–Crippen MR) is 67.4 cm³/mol. The van der Waals surface area contributed by atoms with Crippen molar-refractivity contribution in [2.75, 3.05) is 6.61 Å². The molecule has 0 saturated heterocycles. The molecule has 92 valence electrons. The fourth-order valence-electron chi connectivity index (χ4n) is 1.94. The minimum atomic E-state index is -0.923. The predicted octanol–water partition coefficient (Wildman–Crippen LogP) is 2.74. The molecule has 0 aromatic heterocycles. The van der Waals surface area contributed by atoms with Crippen LogP contribution in [-0.4, -0.2) is 18.1 Å². The van der Waals surface area contributed by atoms with E-state index in [1.165, 1.54) is 0 Å². The zero-order valence-electron chi connectivity index (χ0n) is 9.37. The van der Waals surface area contributed by atoms with Crippen molar-refractivity contribution >= 4 is 29.2 Å². The van der Waals surface area contributed by atoms with Crippen LogP contribution in [0.3, 0.4) is 0 Å². The molecule has 1 aromatic rings. The van der Waals surface area contributed by atoms with Crippen LogP contribution < -0.4 is 5.73 Å². The smallest absolute Gasteiger partial charge is 0.326 e. The second-order valence-corrected chi connectivity index (χ2v) is 5.03. The minimum absolute atomic E-state index is 0.0775. The molecule has 1 aromatic carbocycles. The molecule has 1 fully saturated rings. The molecular formula is C12H13Cl2NO2. The number of halogens is 2. The maximum Gasteiger partial charge on any atom is 0.326 e. The number of benzene rings is 1. The van der Waals surface area contributed by atoms with Gasteiger partial charge >= 0.3 is 5.97 Å². The Morgan fingerprint density at radius 2 is 2.29 bits per heavy atom. The SMILES string of the molecule is CCOC(=O)C1(N)CC1c1ccc(Cl)cc1Cl. The van der Waals surface area contributed by atoms with Crippen LogP contribution in [0, 0.1) is 0 Å². The molecule has 0 bridgehead atoms. The number of nitrogens with two attached hydrogens (primary N) is 1. The molecule has 1 aliphatic rings. The first kappa shape index (κ1) is 12.7. The zero-order chi connectivity index (χ0) is 12.6. The van der Waals surface area contributed by atoms with E-state index in [0.717, 1.165) is 5.56 Å². The van der Waals surface area contributed by atoms with E-state index in [0.29, 0.717) is 23.1 Å². The highest BCUT2D eigenvalue weighted by Gasteiger charge is 2.59. The van der Waals surface area contributed by atoms with Crippen LogP contribution in [0.5, 0.6) is 0 Å². The van der Waals surface area contributed by atoms with Gasteiger partial charge in [-0.3, -0.25) is 4.79 Å². The largest absolute Gasteiger partial charge is 0.465 e. The number of carbonyl (C=O) groups excluding carboxylic acids is 1. The fourth-order valence-corrected chi connectivity index (χ4v) is 2.48.